The van der Waals surface area contributed by atoms with Crippen molar-refractivity contribution in [3.8, 4) is 0 Å². The highest BCUT2D eigenvalue weighted by atomic mass is 16.3. The molecular formula is C16H21N3O2. The van der Waals surface area contributed by atoms with E-state index >= 15 is 0 Å². The Balaban J connectivity index is 1.92. The summed E-state index contributed by atoms with van der Waals surface area (Å²) < 4.78 is 2.18. The summed E-state index contributed by atoms with van der Waals surface area (Å²) in [4.78, 5) is 11.7. The Morgan fingerprint density at radius 1 is 1.24 bits per heavy atom. The summed E-state index contributed by atoms with van der Waals surface area (Å²) in [5, 5.41) is 14.6. The molecule has 2 aromatic rings. The zero-order valence-corrected chi connectivity index (χ0v) is 12.2. The number of hydrogen-bond acceptors (Lipinski definition) is 3. The molecule has 5 nitrogen and oxygen atoms in total. The van der Waals surface area contributed by atoms with Gasteiger partial charge in [0.15, 0.2) is 0 Å². The first-order valence-corrected chi connectivity index (χ1v) is 7.11. The number of anilines is 1. The molecule has 0 saturated heterocycles. The van der Waals surface area contributed by atoms with Gasteiger partial charge in [0.2, 0.25) is 0 Å². The van der Waals surface area contributed by atoms with E-state index in [4.69, 9.17) is 5.11 Å². The maximum absolute atomic E-state index is 11.7. The molecule has 1 aromatic heterocycles. The maximum atomic E-state index is 11.7. The van der Waals surface area contributed by atoms with Crippen LogP contribution in [-0.2, 0) is 13.1 Å². The van der Waals surface area contributed by atoms with E-state index in [1.807, 2.05) is 18.2 Å². The standard InChI is InChI=1S/C16H21N3O2/c1-2-19-10-3-4-15(19)12-18-14-7-5-13(6-8-14)16(21)17-9-11-20/h3-8,10,18,20H,2,9,11-12H2,1H3,(H,17,21). The molecule has 1 heterocycles. The van der Waals surface area contributed by atoms with Gasteiger partial charge in [0.25, 0.3) is 5.91 Å². The van der Waals surface area contributed by atoms with E-state index in [1.165, 1.54) is 5.69 Å². The summed E-state index contributed by atoms with van der Waals surface area (Å²) in [6, 6.07) is 11.4. The Kier molecular flexibility index (Phi) is 5.40. The number of amides is 1. The van der Waals surface area contributed by atoms with Crippen LogP contribution < -0.4 is 10.6 Å². The predicted octanol–water partition coefficient (Wildman–Crippen LogP) is 1.84. The van der Waals surface area contributed by atoms with Gasteiger partial charge in [-0.2, -0.15) is 0 Å². The minimum Gasteiger partial charge on any atom is -0.395 e. The van der Waals surface area contributed by atoms with E-state index in [-0.39, 0.29) is 19.1 Å². The lowest BCUT2D eigenvalue weighted by molar-refractivity contribution is 0.0945. The Morgan fingerprint density at radius 3 is 2.67 bits per heavy atom. The van der Waals surface area contributed by atoms with Crippen LogP contribution in [0.25, 0.3) is 0 Å². The minimum absolute atomic E-state index is 0.0531. The smallest absolute Gasteiger partial charge is 0.251 e. The van der Waals surface area contributed by atoms with E-state index in [2.05, 4.69) is 34.4 Å². The molecule has 0 saturated carbocycles. The number of aliphatic hydroxyl groups is 1. The van der Waals surface area contributed by atoms with Gasteiger partial charge in [-0.25, -0.2) is 0 Å². The van der Waals surface area contributed by atoms with Gasteiger partial charge in [-0.15, -0.1) is 0 Å². The molecule has 0 bridgehead atoms. The van der Waals surface area contributed by atoms with Gasteiger partial charge in [-0.05, 0) is 43.3 Å². The molecular weight excluding hydrogens is 266 g/mol. The highest BCUT2D eigenvalue weighted by Crippen LogP contribution is 2.12. The fourth-order valence-electron chi connectivity index (χ4n) is 2.12. The van der Waals surface area contributed by atoms with E-state index in [0.717, 1.165) is 18.8 Å². The quantitative estimate of drug-likeness (QED) is 0.728. The second kappa shape index (κ2) is 7.50. The van der Waals surface area contributed by atoms with Crippen LogP contribution in [0.1, 0.15) is 23.0 Å². The number of nitrogens with one attached hydrogen (secondary N) is 2. The normalized spacial score (nSPS) is 10.4. The number of carbonyl (C=O) groups excluding carboxylic acids is 1. The largest absolute Gasteiger partial charge is 0.395 e. The number of aromatic nitrogens is 1. The first kappa shape index (κ1) is 15.1. The first-order chi connectivity index (χ1) is 10.2. The Bertz CT molecular complexity index is 575. The third kappa shape index (κ3) is 4.10. The average molecular weight is 287 g/mol. The average Bonchev–Trinajstić information content (AvgIpc) is 2.98. The number of nitrogens with zero attached hydrogens (tertiary/aromatic N) is 1. The zero-order valence-electron chi connectivity index (χ0n) is 12.2. The molecule has 0 aliphatic carbocycles. The van der Waals surface area contributed by atoms with Gasteiger partial charge in [0.05, 0.1) is 13.2 Å². The summed E-state index contributed by atoms with van der Waals surface area (Å²) in [6.45, 7) is 4.03. The van der Waals surface area contributed by atoms with Crippen molar-refractivity contribution in [1.29, 1.82) is 0 Å². The lowest BCUT2D eigenvalue weighted by Gasteiger charge is -2.10. The van der Waals surface area contributed by atoms with Gasteiger partial charge in [-0.3, -0.25) is 4.79 Å². The highest BCUT2D eigenvalue weighted by molar-refractivity contribution is 5.94. The summed E-state index contributed by atoms with van der Waals surface area (Å²) in [5.74, 6) is -0.171. The van der Waals surface area contributed by atoms with Crippen molar-refractivity contribution in [3.63, 3.8) is 0 Å². The van der Waals surface area contributed by atoms with E-state index in [0.29, 0.717) is 5.56 Å². The van der Waals surface area contributed by atoms with Gasteiger partial charge in [0.1, 0.15) is 0 Å². The van der Waals surface area contributed by atoms with Gasteiger partial charge in [0, 0.05) is 36.2 Å². The predicted molar refractivity (Wildman–Crippen MR) is 83.3 cm³/mol. The van der Waals surface area contributed by atoms with Crippen LogP contribution in [0.5, 0.6) is 0 Å². The Hall–Kier alpha value is -2.27. The molecule has 2 rings (SSSR count). The number of carbonyl (C=O) groups is 1. The summed E-state index contributed by atoms with van der Waals surface area (Å²) in [7, 11) is 0. The maximum Gasteiger partial charge on any atom is 0.251 e. The molecule has 21 heavy (non-hydrogen) atoms. The molecule has 112 valence electrons. The number of aliphatic hydroxyl groups excluding tert-OH is 1. The molecule has 5 heteroatoms. The van der Waals surface area contributed by atoms with Gasteiger partial charge >= 0.3 is 0 Å². The van der Waals surface area contributed by atoms with Crippen molar-refractivity contribution < 1.29 is 9.90 Å². The third-order valence-corrected chi connectivity index (χ3v) is 3.28. The molecule has 0 aliphatic heterocycles. The van der Waals surface area contributed by atoms with E-state index in [9.17, 15) is 4.79 Å². The number of benzene rings is 1. The summed E-state index contributed by atoms with van der Waals surface area (Å²) in [6.07, 6.45) is 2.06. The minimum atomic E-state index is -0.171. The van der Waals surface area contributed by atoms with E-state index in [1.54, 1.807) is 12.1 Å². The third-order valence-electron chi connectivity index (χ3n) is 3.28. The summed E-state index contributed by atoms with van der Waals surface area (Å²) >= 11 is 0. The van der Waals surface area contributed by atoms with Crippen molar-refractivity contribution in [3.05, 3.63) is 53.9 Å². The molecule has 3 N–H and O–H groups in total. The first-order valence-electron chi connectivity index (χ1n) is 7.11. The van der Waals surface area contributed by atoms with Crippen LogP contribution in [0.15, 0.2) is 42.6 Å². The van der Waals surface area contributed by atoms with Crippen molar-refractivity contribution in [2.45, 2.75) is 20.0 Å². The Labute approximate surface area is 124 Å². The van der Waals surface area contributed by atoms with Crippen LogP contribution in [0, 0.1) is 0 Å². The van der Waals surface area contributed by atoms with Crippen LogP contribution >= 0.6 is 0 Å². The lowest BCUT2D eigenvalue weighted by Crippen LogP contribution is -2.26. The SMILES string of the molecule is CCn1cccc1CNc1ccc(C(=O)NCCO)cc1. The van der Waals surface area contributed by atoms with Crippen molar-refractivity contribution in [1.82, 2.24) is 9.88 Å². The molecule has 0 spiro atoms. The zero-order chi connectivity index (χ0) is 15.1. The van der Waals surface area contributed by atoms with E-state index < -0.39 is 0 Å². The van der Waals surface area contributed by atoms with Crippen molar-refractivity contribution in [2.24, 2.45) is 0 Å². The number of hydrogen-bond donors (Lipinski definition) is 3. The second-order valence-electron chi connectivity index (χ2n) is 4.70. The molecule has 0 aliphatic rings. The second-order valence-corrected chi connectivity index (χ2v) is 4.70. The number of aryl methyl sites for hydroxylation is 1. The van der Waals surface area contributed by atoms with Gasteiger partial charge in [-0.1, -0.05) is 0 Å². The molecule has 0 atom stereocenters. The number of rotatable bonds is 7. The highest BCUT2D eigenvalue weighted by Gasteiger charge is 2.04. The van der Waals surface area contributed by atoms with Crippen molar-refractivity contribution >= 4 is 11.6 Å². The monoisotopic (exact) mass is 287 g/mol. The summed E-state index contributed by atoms with van der Waals surface area (Å²) in [5.41, 5.74) is 2.78. The molecule has 0 fully saturated rings. The van der Waals surface area contributed by atoms with Crippen LogP contribution in [-0.4, -0.2) is 28.7 Å². The molecule has 0 unspecified atom stereocenters. The molecule has 1 aromatic carbocycles. The van der Waals surface area contributed by atoms with Crippen LogP contribution in [0.3, 0.4) is 0 Å². The molecule has 0 radical (unpaired) electrons. The molecule has 1 amide bonds. The Morgan fingerprint density at radius 2 is 2.00 bits per heavy atom. The van der Waals surface area contributed by atoms with Crippen LogP contribution in [0.2, 0.25) is 0 Å². The van der Waals surface area contributed by atoms with Gasteiger partial charge < -0.3 is 20.3 Å². The lowest BCUT2D eigenvalue weighted by atomic mass is 10.2. The fourth-order valence-corrected chi connectivity index (χ4v) is 2.12. The fraction of sp³-hybridized carbons (Fsp3) is 0.312. The van der Waals surface area contributed by atoms with Crippen molar-refractivity contribution in [2.75, 3.05) is 18.5 Å². The topological polar surface area (TPSA) is 66.3 Å². The van der Waals surface area contributed by atoms with Crippen LogP contribution in [0.4, 0.5) is 5.69 Å².